The maximum atomic E-state index is 4.05. The second-order valence-corrected chi connectivity index (χ2v) is 4.87. The standard InChI is InChI=1S/C15H27N3/c1-4-6-14(3)17-11-12-18(5-2)13-15-7-9-16-10-8-15/h7-10,14,17H,4-6,11-13H2,1-3H3. The molecule has 0 spiro atoms. The molecule has 0 aliphatic rings. The summed E-state index contributed by atoms with van der Waals surface area (Å²) in [5.41, 5.74) is 1.34. The summed E-state index contributed by atoms with van der Waals surface area (Å²) < 4.78 is 0. The minimum Gasteiger partial charge on any atom is -0.313 e. The van der Waals surface area contributed by atoms with Gasteiger partial charge in [-0.05, 0) is 37.6 Å². The van der Waals surface area contributed by atoms with Gasteiger partial charge in [-0.15, -0.1) is 0 Å². The quantitative estimate of drug-likeness (QED) is 0.729. The maximum Gasteiger partial charge on any atom is 0.0271 e. The molecule has 1 aromatic heterocycles. The Bertz CT molecular complexity index is 300. The van der Waals surface area contributed by atoms with Crippen molar-refractivity contribution in [2.24, 2.45) is 0 Å². The first kappa shape index (κ1) is 15.1. The monoisotopic (exact) mass is 249 g/mol. The molecule has 3 nitrogen and oxygen atoms in total. The maximum absolute atomic E-state index is 4.05. The summed E-state index contributed by atoms with van der Waals surface area (Å²) in [6.07, 6.45) is 6.24. The first-order valence-corrected chi connectivity index (χ1v) is 7.10. The highest BCUT2D eigenvalue weighted by Crippen LogP contribution is 2.02. The van der Waals surface area contributed by atoms with Gasteiger partial charge in [0.2, 0.25) is 0 Å². The molecule has 18 heavy (non-hydrogen) atoms. The van der Waals surface area contributed by atoms with Gasteiger partial charge in [0.1, 0.15) is 0 Å². The van der Waals surface area contributed by atoms with Crippen LogP contribution in [-0.2, 0) is 6.54 Å². The van der Waals surface area contributed by atoms with Crippen molar-refractivity contribution in [1.82, 2.24) is 15.2 Å². The topological polar surface area (TPSA) is 28.2 Å². The van der Waals surface area contributed by atoms with E-state index in [1.807, 2.05) is 12.4 Å². The summed E-state index contributed by atoms with van der Waals surface area (Å²) in [6.45, 7) is 11.0. The first-order chi connectivity index (χ1) is 8.76. The molecular weight excluding hydrogens is 222 g/mol. The predicted molar refractivity (Wildman–Crippen MR) is 77.6 cm³/mol. The third kappa shape index (κ3) is 6.12. The number of hydrogen-bond acceptors (Lipinski definition) is 3. The van der Waals surface area contributed by atoms with Crippen LogP contribution in [0.2, 0.25) is 0 Å². The molecule has 0 radical (unpaired) electrons. The Morgan fingerprint density at radius 2 is 2.00 bits per heavy atom. The highest BCUT2D eigenvalue weighted by Gasteiger charge is 2.04. The van der Waals surface area contributed by atoms with Crippen molar-refractivity contribution in [1.29, 1.82) is 0 Å². The Morgan fingerprint density at radius 3 is 2.61 bits per heavy atom. The van der Waals surface area contributed by atoms with E-state index in [2.05, 4.69) is 48.1 Å². The van der Waals surface area contributed by atoms with Crippen LogP contribution in [-0.4, -0.2) is 35.6 Å². The van der Waals surface area contributed by atoms with Crippen molar-refractivity contribution in [2.75, 3.05) is 19.6 Å². The molecule has 1 aromatic rings. The van der Waals surface area contributed by atoms with Crippen LogP contribution in [0.25, 0.3) is 0 Å². The van der Waals surface area contributed by atoms with Crippen molar-refractivity contribution in [2.45, 2.75) is 46.2 Å². The van der Waals surface area contributed by atoms with E-state index in [0.717, 1.165) is 26.2 Å². The van der Waals surface area contributed by atoms with Crippen molar-refractivity contribution >= 4 is 0 Å². The lowest BCUT2D eigenvalue weighted by molar-refractivity contribution is 0.274. The van der Waals surface area contributed by atoms with E-state index in [-0.39, 0.29) is 0 Å². The van der Waals surface area contributed by atoms with Gasteiger partial charge in [-0.1, -0.05) is 20.3 Å². The normalized spacial score (nSPS) is 12.9. The number of likely N-dealkylation sites (N-methyl/N-ethyl adjacent to an activating group) is 1. The van der Waals surface area contributed by atoms with Gasteiger partial charge < -0.3 is 5.32 Å². The van der Waals surface area contributed by atoms with Gasteiger partial charge >= 0.3 is 0 Å². The lowest BCUT2D eigenvalue weighted by atomic mass is 10.2. The first-order valence-electron chi connectivity index (χ1n) is 7.10. The van der Waals surface area contributed by atoms with E-state index in [1.165, 1.54) is 18.4 Å². The molecule has 0 saturated heterocycles. The molecule has 0 saturated carbocycles. The number of aromatic nitrogens is 1. The van der Waals surface area contributed by atoms with Crippen LogP contribution in [0.15, 0.2) is 24.5 Å². The van der Waals surface area contributed by atoms with Gasteiger partial charge in [-0.3, -0.25) is 9.88 Å². The van der Waals surface area contributed by atoms with E-state index in [9.17, 15) is 0 Å². The molecule has 0 bridgehead atoms. The fraction of sp³-hybridized carbons (Fsp3) is 0.667. The molecule has 0 fully saturated rings. The fourth-order valence-electron chi connectivity index (χ4n) is 2.10. The summed E-state index contributed by atoms with van der Waals surface area (Å²) in [4.78, 5) is 6.51. The largest absolute Gasteiger partial charge is 0.313 e. The fourth-order valence-corrected chi connectivity index (χ4v) is 2.10. The molecule has 0 aromatic carbocycles. The van der Waals surface area contributed by atoms with Crippen molar-refractivity contribution in [3.05, 3.63) is 30.1 Å². The van der Waals surface area contributed by atoms with Crippen molar-refractivity contribution in [3.63, 3.8) is 0 Å². The Hall–Kier alpha value is -0.930. The molecule has 1 N–H and O–H groups in total. The summed E-state index contributed by atoms with van der Waals surface area (Å²) >= 11 is 0. The number of hydrogen-bond donors (Lipinski definition) is 1. The molecule has 1 rings (SSSR count). The molecule has 102 valence electrons. The third-order valence-corrected chi connectivity index (χ3v) is 3.25. The van der Waals surface area contributed by atoms with Crippen LogP contribution in [0.3, 0.4) is 0 Å². The van der Waals surface area contributed by atoms with Gasteiger partial charge in [-0.25, -0.2) is 0 Å². The van der Waals surface area contributed by atoms with Crippen LogP contribution >= 0.6 is 0 Å². The lowest BCUT2D eigenvalue weighted by Crippen LogP contribution is -2.35. The van der Waals surface area contributed by atoms with Crippen LogP contribution in [0.5, 0.6) is 0 Å². The van der Waals surface area contributed by atoms with Crippen LogP contribution in [0.1, 0.15) is 39.2 Å². The Morgan fingerprint density at radius 1 is 1.28 bits per heavy atom. The minimum absolute atomic E-state index is 0.634. The molecule has 1 atom stereocenters. The second-order valence-electron chi connectivity index (χ2n) is 4.87. The average Bonchev–Trinajstić information content (AvgIpc) is 2.39. The van der Waals surface area contributed by atoms with E-state index >= 15 is 0 Å². The second kappa shape index (κ2) is 9.06. The highest BCUT2D eigenvalue weighted by molar-refractivity contribution is 5.09. The number of nitrogens with zero attached hydrogens (tertiary/aromatic N) is 2. The zero-order chi connectivity index (χ0) is 13.2. The van der Waals surface area contributed by atoms with Crippen molar-refractivity contribution < 1.29 is 0 Å². The molecule has 0 aliphatic carbocycles. The number of nitrogens with one attached hydrogen (secondary N) is 1. The van der Waals surface area contributed by atoms with E-state index < -0.39 is 0 Å². The highest BCUT2D eigenvalue weighted by atomic mass is 15.1. The van der Waals surface area contributed by atoms with Gasteiger partial charge in [0.05, 0.1) is 0 Å². The zero-order valence-corrected chi connectivity index (χ0v) is 12.0. The average molecular weight is 249 g/mol. The number of rotatable bonds is 9. The number of pyridine rings is 1. The molecule has 0 aliphatic heterocycles. The smallest absolute Gasteiger partial charge is 0.0271 e. The Kier molecular flexibility index (Phi) is 7.62. The molecule has 3 heteroatoms. The molecule has 1 unspecified atom stereocenters. The van der Waals surface area contributed by atoms with Gasteiger partial charge in [-0.2, -0.15) is 0 Å². The summed E-state index contributed by atoms with van der Waals surface area (Å²) in [5.74, 6) is 0. The van der Waals surface area contributed by atoms with Crippen LogP contribution in [0.4, 0.5) is 0 Å². The van der Waals surface area contributed by atoms with Crippen molar-refractivity contribution in [3.8, 4) is 0 Å². The third-order valence-electron chi connectivity index (χ3n) is 3.25. The summed E-state index contributed by atoms with van der Waals surface area (Å²) in [5, 5.41) is 3.58. The Balaban J connectivity index is 2.25. The van der Waals surface area contributed by atoms with E-state index in [1.54, 1.807) is 0 Å². The lowest BCUT2D eigenvalue weighted by Gasteiger charge is -2.22. The zero-order valence-electron chi connectivity index (χ0n) is 12.0. The van der Waals surface area contributed by atoms with Gasteiger partial charge in [0, 0.05) is 38.1 Å². The summed E-state index contributed by atoms with van der Waals surface area (Å²) in [7, 11) is 0. The molecular formula is C15H27N3. The molecule has 1 heterocycles. The van der Waals surface area contributed by atoms with E-state index in [0.29, 0.717) is 6.04 Å². The minimum atomic E-state index is 0.634. The SMILES string of the molecule is CCCC(C)NCCN(CC)Cc1ccncc1. The van der Waals surface area contributed by atoms with E-state index in [4.69, 9.17) is 0 Å². The van der Waals surface area contributed by atoms with Gasteiger partial charge in [0.15, 0.2) is 0 Å². The molecule has 0 amide bonds. The van der Waals surface area contributed by atoms with Crippen LogP contribution < -0.4 is 5.32 Å². The summed E-state index contributed by atoms with van der Waals surface area (Å²) in [6, 6.07) is 4.82. The van der Waals surface area contributed by atoms with Gasteiger partial charge in [0.25, 0.3) is 0 Å². The van der Waals surface area contributed by atoms with Crippen LogP contribution in [0, 0.1) is 0 Å². The predicted octanol–water partition coefficient (Wildman–Crippen LogP) is 2.68. The Labute approximate surface area is 112 Å².